The van der Waals surface area contributed by atoms with Crippen molar-refractivity contribution in [1.29, 1.82) is 0 Å². The molecule has 0 aromatic heterocycles. The lowest BCUT2D eigenvalue weighted by atomic mass is 10.1. The normalized spacial score (nSPS) is 10.4. The predicted molar refractivity (Wildman–Crippen MR) is 92.0 cm³/mol. The van der Waals surface area contributed by atoms with Gasteiger partial charge in [0, 0.05) is 18.7 Å². The topological polar surface area (TPSA) is 93.5 Å². The first-order valence-corrected chi connectivity index (χ1v) is 7.88. The third-order valence-corrected chi connectivity index (χ3v) is 3.51. The molecule has 2 aromatic rings. The minimum absolute atomic E-state index is 0.0904. The largest absolute Gasteiger partial charge is 0.435 e. The Balaban J connectivity index is 1.72. The maximum atomic E-state index is 12.1. The molecule has 6 nitrogen and oxygen atoms in total. The fraction of sp³-hybridized carbons (Fsp3) is 0.222. The number of primary amides is 1. The van der Waals surface area contributed by atoms with Crippen LogP contribution in [0.5, 0.6) is 5.75 Å². The zero-order valence-corrected chi connectivity index (χ0v) is 13.9. The van der Waals surface area contributed by atoms with E-state index in [4.69, 9.17) is 5.73 Å². The molecular formula is C18H19F2N3O3. The van der Waals surface area contributed by atoms with Crippen LogP contribution in [0.1, 0.15) is 21.5 Å². The Morgan fingerprint density at radius 1 is 1.04 bits per heavy atom. The number of carbonyl (C=O) groups is 2. The van der Waals surface area contributed by atoms with Crippen molar-refractivity contribution in [2.75, 3.05) is 6.54 Å². The van der Waals surface area contributed by atoms with Crippen molar-refractivity contribution >= 4 is 11.9 Å². The van der Waals surface area contributed by atoms with Crippen LogP contribution < -0.4 is 21.1 Å². The van der Waals surface area contributed by atoms with E-state index in [1.807, 2.05) is 0 Å². The van der Waals surface area contributed by atoms with Gasteiger partial charge in [0.05, 0.1) is 0 Å². The molecule has 0 aliphatic heterocycles. The van der Waals surface area contributed by atoms with Crippen LogP contribution in [0.15, 0.2) is 48.5 Å². The first-order chi connectivity index (χ1) is 12.4. The molecule has 0 aliphatic rings. The molecule has 0 spiro atoms. The second-order valence-corrected chi connectivity index (χ2v) is 5.45. The molecule has 2 aromatic carbocycles. The monoisotopic (exact) mass is 363 g/mol. The van der Waals surface area contributed by atoms with Crippen molar-refractivity contribution in [3.8, 4) is 5.75 Å². The zero-order valence-electron chi connectivity index (χ0n) is 13.9. The summed E-state index contributed by atoms with van der Waals surface area (Å²) in [5.74, 6) is -0.436. The Labute approximate surface area is 149 Å². The summed E-state index contributed by atoms with van der Waals surface area (Å²) >= 11 is 0. The van der Waals surface area contributed by atoms with Gasteiger partial charge in [-0.1, -0.05) is 24.3 Å². The van der Waals surface area contributed by atoms with E-state index in [2.05, 4.69) is 15.4 Å². The lowest BCUT2D eigenvalue weighted by Gasteiger charge is -2.09. The van der Waals surface area contributed by atoms with Gasteiger partial charge in [0.15, 0.2) is 0 Å². The van der Waals surface area contributed by atoms with Gasteiger partial charge in [0.2, 0.25) is 5.91 Å². The molecule has 0 saturated heterocycles. The number of ether oxygens (including phenoxy) is 1. The molecule has 8 heteroatoms. The van der Waals surface area contributed by atoms with Gasteiger partial charge in [-0.2, -0.15) is 8.78 Å². The summed E-state index contributed by atoms with van der Waals surface area (Å²) < 4.78 is 28.4. The molecule has 0 fully saturated rings. The van der Waals surface area contributed by atoms with Gasteiger partial charge in [-0.3, -0.25) is 4.79 Å². The van der Waals surface area contributed by atoms with Crippen LogP contribution in [0, 0.1) is 0 Å². The molecule has 0 heterocycles. The number of halogens is 2. The van der Waals surface area contributed by atoms with Crippen molar-refractivity contribution in [2.45, 2.75) is 19.6 Å². The minimum atomic E-state index is -2.85. The van der Waals surface area contributed by atoms with Crippen LogP contribution >= 0.6 is 0 Å². The van der Waals surface area contributed by atoms with Crippen molar-refractivity contribution < 1.29 is 23.1 Å². The summed E-state index contributed by atoms with van der Waals surface area (Å²) in [6, 6.07) is 12.5. The van der Waals surface area contributed by atoms with E-state index >= 15 is 0 Å². The Morgan fingerprint density at radius 3 is 2.42 bits per heavy atom. The molecule has 138 valence electrons. The number of amides is 3. The number of nitrogens with two attached hydrogens (primary N) is 1. The molecule has 3 amide bonds. The van der Waals surface area contributed by atoms with E-state index in [-0.39, 0.29) is 18.3 Å². The molecule has 0 aliphatic carbocycles. The second kappa shape index (κ2) is 9.36. The highest BCUT2D eigenvalue weighted by molar-refractivity contribution is 5.92. The third-order valence-electron chi connectivity index (χ3n) is 3.51. The quantitative estimate of drug-likeness (QED) is 0.672. The van der Waals surface area contributed by atoms with Gasteiger partial charge in [0.25, 0.3) is 0 Å². The van der Waals surface area contributed by atoms with Gasteiger partial charge in [-0.25, -0.2) is 4.79 Å². The Bertz CT molecular complexity index is 752. The number of hydrogen-bond acceptors (Lipinski definition) is 3. The fourth-order valence-electron chi connectivity index (χ4n) is 2.24. The Morgan fingerprint density at radius 2 is 1.77 bits per heavy atom. The maximum absolute atomic E-state index is 12.1. The summed E-state index contributed by atoms with van der Waals surface area (Å²) in [5.41, 5.74) is 7.22. The number of hydrogen-bond donors (Lipinski definition) is 3. The Hall–Kier alpha value is -3.16. The zero-order chi connectivity index (χ0) is 18.9. The van der Waals surface area contributed by atoms with Crippen LogP contribution in [-0.4, -0.2) is 25.1 Å². The van der Waals surface area contributed by atoms with Crippen molar-refractivity contribution in [3.05, 3.63) is 65.2 Å². The van der Waals surface area contributed by atoms with Crippen molar-refractivity contribution in [1.82, 2.24) is 10.6 Å². The number of benzene rings is 2. The van der Waals surface area contributed by atoms with Crippen LogP contribution in [0.3, 0.4) is 0 Å². The van der Waals surface area contributed by atoms with Crippen LogP contribution in [0.25, 0.3) is 0 Å². The summed E-state index contributed by atoms with van der Waals surface area (Å²) in [6.07, 6.45) is 0.541. The molecule has 0 atom stereocenters. The van der Waals surface area contributed by atoms with E-state index in [0.29, 0.717) is 18.5 Å². The summed E-state index contributed by atoms with van der Waals surface area (Å²) in [6.45, 7) is -2.22. The standard InChI is InChI=1S/C18H19F2N3O3/c19-17(20)26-15-6-4-12(5-7-15)8-9-22-18(25)23-11-13-2-1-3-14(10-13)16(21)24/h1-7,10,17H,8-9,11H2,(H2,21,24)(H2,22,23,25). The third kappa shape index (κ3) is 6.39. The van der Waals surface area contributed by atoms with Gasteiger partial charge < -0.3 is 21.1 Å². The number of nitrogens with one attached hydrogen (secondary N) is 2. The average molecular weight is 363 g/mol. The second-order valence-electron chi connectivity index (χ2n) is 5.45. The van der Waals surface area contributed by atoms with E-state index in [0.717, 1.165) is 11.1 Å². The van der Waals surface area contributed by atoms with Gasteiger partial charge >= 0.3 is 12.6 Å². The Kier molecular flexibility index (Phi) is 6.90. The number of carbonyl (C=O) groups excluding carboxylic acids is 2. The number of alkyl halides is 2. The first-order valence-electron chi connectivity index (χ1n) is 7.88. The summed E-state index contributed by atoms with van der Waals surface area (Å²) in [4.78, 5) is 22.9. The maximum Gasteiger partial charge on any atom is 0.387 e. The van der Waals surface area contributed by atoms with E-state index in [9.17, 15) is 18.4 Å². The SMILES string of the molecule is NC(=O)c1cccc(CNC(=O)NCCc2ccc(OC(F)F)cc2)c1. The van der Waals surface area contributed by atoms with E-state index < -0.39 is 12.5 Å². The number of urea groups is 1. The average Bonchev–Trinajstić information content (AvgIpc) is 2.61. The van der Waals surface area contributed by atoms with Crippen molar-refractivity contribution in [3.63, 3.8) is 0 Å². The number of rotatable bonds is 8. The van der Waals surface area contributed by atoms with Gasteiger partial charge in [-0.05, 0) is 41.8 Å². The highest BCUT2D eigenvalue weighted by Crippen LogP contribution is 2.14. The highest BCUT2D eigenvalue weighted by Gasteiger charge is 2.05. The molecule has 0 bridgehead atoms. The molecular weight excluding hydrogens is 344 g/mol. The molecule has 4 N–H and O–H groups in total. The van der Waals surface area contributed by atoms with E-state index in [1.54, 1.807) is 36.4 Å². The minimum Gasteiger partial charge on any atom is -0.435 e. The van der Waals surface area contributed by atoms with Gasteiger partial charge in [-0.15, -0.1) is 0 Å². The lowest BCUT2D eigenvalue weighted by molar-refractivity contribution is -0.0498. The predicted octanol–water partition coefficient (Wildman–Crippen LogP) is 2.43. The van der Waals surface area contributed by atoms with Gasteiger partial charge in [0.1, 0.15) is 5.75 Å². The van der Waals surface area contributed by atoms with E-state index in [1.165, 1.54) is 12.1 Å². The van der Waals surface area contributed by atoms with Crippen LogP contribution in [0.2, 0.25) is 0 Å². The first kappa shape index (κ1) is 19.2. The van der Waals surface area contributed by atoms with Crippen molar-refractivity contribution in [2.24, 2.45) is 5.73 Å². The highest BCUT2D eigenvalue weighted by atomic mass is 19.3. The lowest BCUT2D eigenvalue weighted by Crippen LogP contribution is -2.36. The molecule has 2 rings (SSSR count). The van der Waals surface area contributed by atoms with Crippen LogP contribution in [-0.2, 0) is 13.0 Å². The summed E-state index contributed by atoms with van der Waals surface area (Å²) in [7, 11) is 0. The fourth-order valence-corrected chi connectivity index (χ4v) is 2.24. The van der Waals surface area contributed by atoms with Crippen LogP contribution in [0.4, 0.5) is 13.6 Å². The summed E-state index contributed by atoms with van der Waals surface area (Å²) in [5, 5.41) is 5.37. The molecule has 0 unspecified atom stereocenters. The molecule has 0 radical (unpaired) electrons. The molecule has 0 saturated carbocycles. The molecule has 26 heavy (non-hydrogen) atoms. The smallest absolute Gasteiger partial charge is 0.387 e.